The van der Waals surface area contributed by atoms with Crippen LogP contribution >= 0.6 is 0 Å². The van der Waals surface area contributed by atoms with Crippen molar-refractivity contribution in [3.05, 3.63) is 5.69 Å². The van der Waals surface area contributed by atoms with Crippen molar-refractivity contribution in [1.82, 2.24) is 9.78 Å². The highest BCUT2D eigenvalue weighted by atomic mass is 16.3. The highest BCUT2D eigenvalue weighted by Crippen LogP contribution is 2.22. The topological polar surface area (TPSA) is 119 Å². The van der Waals surface area contributed by atoms with E-state index < -0.39 is 12.0 Å². The van der Waals surface area contributed by atoms with Gasteiger partial charge in [-0.15, -0.1) is 0 Å². The molecule has 1 heterocycles. The lowest BCUT2D eigenvalue weighted by molar-refractivity contribution is -0.125. The summed E-state index contributed by atoms with van der Waals surface area (Å²) in [4.78, 5) is 10.7. The number of nitrogens with zero attached hydrogens (tertiary/aromatic N) is 2. The fourth-order valence-corrected chi connectivity index (χ4v) is 1.52. The Balaban J connectivity index is 2.74. The summed E-state index contributed by atoms with van der Waals surface area (Å²) in [7, 11) is 1.74. The first-order valence-corrected chi connectivity index (χ1v) is 5.50. The van der Waals surface area contributed by atoms with Crippen LogP contribution in [0, 0.1) is 0 Å². The van der Waals surface area contributed by atoms with Crippen LogP contribution < -0.4 is 16.8 Å². The van der Waals surface area contributed by atoms with Gasteiger partial charge >= 0.3 is 0 Å². The van der Waals surface area contributed by atoms with E-state index >= 15 is 0 Å². The van der Waals surface area contributed by atoms with Gasteiger partial charge in [-0.05, 0) is 6.42 Å². The third-order valence-electron chi connectivity index (χ3n) is 2.44. The van der Waals surface area contributed by atoms with Gasteiger partial charge in [0.2, 0.25) is 5.91 Å². The van der Waals surface area contributed by atoms with E-state index in [9.17, 15) is 9.90 Å². The SMILES string of the molecule is CCCc1nn(C)c(NCC(O)C(N)=O)c1N. The molecule has 0 bridgehead atoms. The number of primary amides is 1. The Morgan fingerprint density at radius 3 is 2.82 bits per heavy atom. The summed E-state index contributed by atoms with van der Waals surface area (Å²) in [6.45, 7) is 2.06. The van der Waals surface area contributed by atoms with Crippen molar-refractivity contribution in [3.63, 3.8) is 0 Å². The predicted octanol–water partition coefficient (Wildman–Crippen LogP) is -0.787. The molecular weight excluding hydrogens is 222 g/mol. The minimum atomic E-state index is -1.24. The molecule has 1 atom stereocenters. The normalized spacial score (nSPS) is 12.4. The van der Waals surface area contributed by atoms with Crippen LogP contribution in [0.4, 0.5) is 11.5 Å². The third-order valence-corrected chi connectivity index (χ3v) is 2.44. The Kier molecular flexibility index (Phi) is 4.33. The van der Waals surface area contributed by atoms with Crippen LogP contribution in [0.2, 0.25) is 0 Å². The Morgan fingerprint density at radius 2 is 2.29 bits per heavy atom. The van der Waals surface area contributed by atoms with Gasteiger partial charge in [0.15, 0.2) is 0 Å². The summed E-state index contributed by atoms with van der Waals surface area (Å²) >= 11 is 0. The number of anilines is 2. The molecule has 6 N–H and O–H groups in total. The van der Waals surface area contributed by atoms with Crippen molar-refractivity contribution in [2.24, 2.45) is 12.8 Å². The molecule has 0 aliphatic carbocycles. The first-order chi connectivity index (χ1) is 7.97. The zero-order valence-corrected chi connectivity index (χ0v) is 10.1. The van der Waals surface area contributed by atoms with Crippen molar-refractivity contribution < 1.29 is 9.90 Å². The van der Waals surface area contributed by atoms with Gasteiger partial charge in [-0.3, -0.25) is 9.48 Å². The van der Waals surface area contributed by atoms with E-state index in [1.54, 1.807) is 11.7 Å². The minimum Gasteiger partial charge on any atom is -0.394 e. The number of aliphatic hydroxyl groups is 1. The average molecular weight is 241 g/mol. The molecule has 1 amide bonds. The zero-order chi connectivity index (χ0) is 13.0. The highest BCUT2D eigenvalue weighted by Gasteiger charge is 2.15. The van der Waals surface area contributed by atoms with E-state index in [1.165, 1.54) is 0 Å². The standard InChI is InChI=1S/C10H19N5O2/c1-3-4-6-8(11)10(15(2)14-6)13-5-7(16)9(12)17/h7,13,16H,3-5,11H2,1-2H3,(H2,12,17). The lowest BCUT2D eigenvalue weighted by atomic mass is 10.2. The van der Waals surface area contributed by atoms with Crippen LogP contribution in [-0.2, 0) is 18.3 Å². The Labute approximate surface area is 99.8 Å². The van der Waals surface area contributed by atoms with Gasteiger partial charge in [0.1, 0.15) is 11.9 Å². The molecule has 0 aliphatic rings. The molecule has 0 radical (unpaired) electrons. The van der Waals surface area contributed by atoms with Crippen molar-refractivity contribution in [2.75, 3.05) is 17.6 Å². The summed E-state index contributed by atoms with van der Waals surface area (Å²) < 4.78 is 1.59. The molecule has 96 valence electrons. The second-order valence-electron chi connectivity index (χ2n) is 3.88. The number of carbonyl (C=O) groups excluding carboxylic acids is 1. The molecule has 0 saturated carbocycles. The molecule has 17 heavy (non-hydrogen) atoms. The number of amides is 1. The van der Waals surface area contributed by atoms with Gasteiger partial charge in [0.05, 0.1) is 17.9 Å². The van der Waals surface area contributed by atoms with Crippen molar-refractivity contribution in [3.8, 4) is 0 Å². The average Bonchev–Trinajstić information content (AvgIpc) is 2.52. The van der Waals surface area contributed by atoms with Crippen LogP contribution in [0.3, 0.4) is 0 Å². The molecule has 7 heteroatoms. The largest absolute Gasteiger partial charge is 0.394 e. The molecular formula is C10H19N5O2. The van der Waals surface area contributed by atoms with Crippen LogP contribution in [0.1, 0.15) is 19.0 Å². The number of aliphatic hydroxyl groups excluding tert-OH is 1. The summed E-state index contributed by atoms with van der Waals surface area (Å²) in [6, 6.07) is 0. The molecule has 1 aromatic rings. The molecule has 1 aromatic heterocycles. The molecule has 0 spiro atoms. The molecule has 0 fully saturated rings. The van der Waals surface area contributed by atoms with Gasteiger partial charge in [0, 0.05) is 7.05 Å². The van der Waals surface area contributed by atoms with E-state index in [0.717, 1.165) is 18.5 Å². The lowest BCUT2D eigenvalue weighted by Crippen LogP contribution is -2.34. The summed E-state index contributed by atoms with van der Waals surface area (Å²) in [5.74, 6) is -0.180. The number of rotatable bonds is 6. The van der Waals surface area contributed by atoms with Crippen LogP contribution in [0.25, 0.3) is 0 Å². The summed E-state index contributed by atoms with van der Waals surface area (Å²) in [6.07, 6.45) is 0.503. The molecule has 0 aromatic carbocycles. The second kappa shape index (κ2) is 5.53. The Morgan fingerprint density at radius 1 is 1.65 bits per heavy atom. The maximum absolute atomic E-state index is 10.7. The number of hydrogen-bond donors (Lipinski definition) is 4. The van der Waals surface area contributed by atoms with E-state index in [1.807, 2.05) is 6.92 Å². The number of hydrogen-bond acceptors (Lipinski definition) is 5. The van der Waals surface area contributed by atoms with E-state index in [4.69, 9.17) is 11.5 Å². The van der Waals surface area contributed by atoms with Gasteiger partial charge < -0.3 is 21.9 Å². The van der Waals surface area contributed by atoms with Crippen molar-refractivity contribution in [2.45, 2.75) is 25.9 Å². The predicted molar refractivity (Wildman–Crippen MR) is 65.3 cm³/mol. The molecule has 0 saturated heterocycles. The number of aromatic nitrogens is 2. The van der Waals surface area contributed by atoms with Crippen LogP contribution in [0.5, 0.6) is 0 Å². The van der Waals surface area contributed by atoms with E-state index in [-0.39, 0.29) is 6.54 Å². The van der Waals surface area contributed by atoms with Crippen LogP contribution in [0.15, 0.2) is 0 Å². The number of nitrogens with one attached hydrogen (secondary N) is 1. The first kappa shape index (κ1) is 13.3. The number of nitrogen functional groups attached to an aromatic ring is 1. The Hall–Kier alpha value is -1.76. The number of carbonyl (C=O) groups is 1. The highest BCUT2D eigenvalue weighted by molar-refractivity contribution is 5.79. The molecule has 1 unspecified atom stereocenters. The van der Waals surface area contributed by atoms with Gasteiger partial charge in [0.25, 0.3) is 0 Å². The first-order valence-electron chi connectivity index (χ1n) is 5.50. The fraction of sp³-hybridized carbons (Fsp3) is 0.600. The maximum atomic E-state index is 10.7. The monoisotopic (exact) mass is 241 g/mol. The summed E-state index contributed by atoms with van der Waals surface area (Å²) in [5.41, 5.74) is 12.2. The lowest BCUT2D eigenvalue weighted by Gasteiger charge is -2.10. The minimum absolute atomic E-state index is 0.0185. The number of aryl methyl sites for hydroxylation is 2. The van der Waals surface area contributed by atoms with E-state index in [2.05, 4.69) is 10.4 Å². The maximum Gasteiger partial charge on any atom is 0.248 e. The molecule has 7 nitrogen and oxygen atoms in total. The van der Waals surface area contributed by atoms with Gasteiger partial charge in [-0.25, -0.2) is 0 Å². The quantitative estimate of drug-likeness (QED) is 0.520. The Bertz CT molecular complexity index is 402. The van der Waals surface area contributed by atoms with E-state index in [0.29, 0.717) is 11.5 Å². The van der Waals surface area contributed by atoms with Crippen molar-refractivity contribution in [1.29, 1.82) is 0 Å². The fourth-order valence-electron chi connectivity index (χ4n) is 1.52. The summed E-state index contributed by atoms with van der Waals surface area (Å²) in [5, 5.41) is 16.4. The molecule has 1 rings (SSSR count). The van der Waals surface area contributed by atoms with Crippen molar-refractivity contribution >= 4 is 17.4 Å². The third kappa shape index (κ3) is 3.10. The molecule has 0 aliphatic heterocycles. The number of nitrogens with two attached hydrogens (primary N) is 2. The zero-order valence-electron chi connectivity index (χ0n) is 10.1. The van der Waals surface area contributed by atoms with Gasteiger partial charge in [-0.2, -0.15) is 5.10 Å². The van der Waals surface area contributed by atoms with Crippen LogP contribution in [-0.4, -0.2) is 33.4 Å². The second-order valence-corrected chi connectivity index (χ2v) is 3.88. The van der Waals surface area contributed by atoms with Gasteiger partial charge in [-0.1, -0.05) is 13.3 Å². The smallest absolute Gasteiger partial charge is 0.248 e.